The number of hydrogen-bond donors (Lipinski definition) is 2. The molecule has 0 bridgehead atoms. The van der Waals surface area contributed by atoms with E-state index in [2.05, 4.69) is 17.9 Å². The van der Waals surface area contributed by atoms with Gasteiger partial charge in [0.25, 0.3) is 0 Å². The van der Waals surface area contributed by atoms with Gasteiger partial charge in [-0.15, -0.1) is 0 Å². The maximum atomic E-state index is 11.5. The molecule has 1 heterocycles. The van der Waals surface area contributed by atoms with E-state index in [1.807, 2.05) is 19.9 Å². The van der Waals surface area contributed by atoms with Crippen molar-refractivity contribution in [3.05, 3.63) is 24.2 Å². The van der Waals surface area contributed by atoms with E-state index in [9.17, 15) is 4.79 Å². The predicted octanol–water partition coefficient (Wildman–Crippen LogP) is 1.85. The Hall–Kier alpha value is -0.900. The molecule has 0 radical (unpaired) electrons. The van der Waals surface area contributed by atoms with Crippen LogP contribution in [0.1, 0.15) is 19.6 Å². The highest BCUT2D eigenvalue weighted by atomic mass is 32.1. The number of hydrogen-bond acceptors (Lipinski definition) is 3. The molecular formula is C10H15NO2S. The number of thiol groups is 1. The number of rotatable bonds is 4. The Kier molecular flexibility index (Phi) is 4.07. The number of furan rings is 1. The summed E-state index contributed by atoms with van der Waals surface area (Å²) in [6.07, 6.45) is 1.59. The molecule has 0 aliphatic carbocycles. The summed E-state index contributed by atoms with van der Waals surface area (Å²) < 4.78 is 5.08. The van der Waals surface area contributed by atoms with Crippen molar-refractivity contribution in [2.24, 2.45) is 5.92 Å². The molecule has 1 amide bonds. The molecule has 1 unspecified atom stereocenters. The summed E-state index contributed by atoms with van der Waals surface area (Å²) >= 11 is 4.21. The molecule has 3 nitrogen and oxygen atoms in total. The van der Waals surface area contributed by atoms with E-state index in [1.165, 1.54) is 0 Å². The van der Waals surface area contributed by atoms with Crippen molar-refractivity contribution in [2.45, 2.75) is 25.6 Å². The molecule has 1 aromatic rings. The lowest BCUT2D eigenvalue weighted by Gasteiger charge is -2.13. The molecule has 78 valence electrons. The molecule has 14 heavy (non-hydrogen) atoms. The summed E-state index contributed by atoms with van der Waals surface area (Å²) in [5.41, 5.74) is 0. The maximum Gasteiger partial charge on any atom is 0.233 e. The van der Waals surface area contributed by atoms with Crippen molar-refractivity contribution in [1.82, 2.24) is 5.32 Å². The van der Waals surface area contributed by atoms with Gasteiger partial charge in [-0.05, 0) is 18.1 Å². The Morgan fingerprint density at radius 3 is 2.86 bits per heavy atom. The van der Waals surface area contributed by atoms with Crippen LogP contribution < -0.4 is 5.32 Å². The van der Waals surface area contributed by atoms with Crippen LogP contribution in [0.25, 0.3) is 0 Å². The summed E-state index contributed by atoms with van der Waals surface area (Å²) in [5.74, 6) is 0.928. The largest absolute Gasteiger partial charge is 0.467 e. The van der Waals surface area contributed by atoms with Crippen molar-refractivity contribution in [1.29, 1.82) is 0 Å². The third-order valence-electron chi connectivity index (χ3n) is 1.92. The first-order chi connectivity index (χ1) is 6.61. The number of amides is 1. The third-order valence-corrected chi connectivity index (χ3v) is 2.75. The summed E-state index contributed by atoms with van der Waals surface area (Å²) in [6.45, 7) is 4.35. The smallest absolute Gasteiger partial charge is 0.233 e. The minimum Gasteiger partial charge on any atom is -0.467 e. The highest BCUT2D eigenvalue weighted by Crippen LogP contribution is 2.09. The Balaban J connectivity index is 2.35. The standard InChI is InChI=1S/C10H15NO2S/c1-7(2)9(14)10(12)11-6-8-4-3-5-13-8/h3-5,7,9,14H,6H2,1-2H3,(H,11,12). The topological polar surface area (TPSA) is 42.2 Å². The van der Waals surface area contributed by atoms with Gasteiger partial charge in [-0.25, -0.2) is 0 Å². The monoisotopic (exact) mass is 213 g/mol. The van der Waals surface area contributed by atoms with E-state index in [0.717, 1.165) is 5.76 Å². The van der Waals surface area contributed by atoms with Crippen LogP contribution in [0.3, 0.4) is 0 Å². The van der Waals surface area contributed by atoms with Gasteiger partial charge in [-0.1, -0.05) is 13.8 Å². The van der Waals surface area contributed by atoms with Gasteiger partial charge in [0.05, 0.1) is 18.1 Å². The van der Waals surface area contributed by atoms with Gasteiger partial charge in [0, 0.05) is 0 Å². The van der Waals surface area contributed by atoms with Crippen LogP contribution in [0.2, 0.25) is 0 Å². The zero-order chi connectivity index (χ0) is 10.6. The first kappa shape index (κ1) is 11.2. The average molecular weight is 213 g/mol. The zero-order valence-corrected chi connectivity index (χ0v) is 9.25. The van der Waals surface area contributed by atoms with Gasteiger partial charge >= 0.3 is 0 Å². The molecular weight excluding hydrogens is 198 g/mol. The first-order valence-electron chi connectivity index (χ1n) is 4.59. The van der Waals surface area contributed by atoms with Crippen molar-refractivity contribution < 1.29 is 9.21 Å². The minimum absolute atomic E-state index is 0.0558. The summed E-state index contributed by atoms with van der Waals surface area (Å²) in [7, 11) is 0. The van der Waals surface area contributed by atoms with Crippen molar-refractivity contribution in [3.8, 4) is 0 Å². The Labute approximate surface area is 89.3 Å². The van der Waals surface area contributed by atoms with Crippen molar-refractivity contribution in [3.63, 3.8) is 0 Å². The van der Waals surface area contributed by atoms with Crippen LogP contribution in [0.5, 0.6) is 0 Å². The van der Waals surface area contributed by atoms with E-state index in [4.69, 9.17) is 4.42 Å². The maximum absolute atomic E-state index is 11.5. The molecule has 1 N–H and O–H groups in total. The normalized spacial score (nSPS) is 12.9. The van der Waals surface area contributed by atoms with Gasteiger partial charge < -0.3 is 9.73 Å². The Morgan fingerprint density at radius 2 is 2.36 bits per heavy atom. The van der Waals surface area contributed by atoms with E-state index < -0.39 is 0 Å². The molecule has 4 heteroatoms. The molecule has 1 atom stereocenters. The second-order valence-corrected chi connectivity index (χ2v) is 4.04. The lowest BCUT2D eigenvalue weighted by Crippen LogP contribution is -2.33. The van der Waals surface area contributed by atoms with Gasteiger partial charge in [-0.3, -0.25) is 4.79 Å². The Bertz CT molecular complexity index is 282. The van der Waals surface area contributed by atoms with Crippen LogP contribution >= 0.6 is 12.6 Å². The van der Waals surface area contributed by atoms with E-state index in [0.29, 0.717) is 6.54 Å². The number of carbonyl (C=O) groups is 1. The van der Waals surface area contributed by atoms with Crippen LogP contribution in [0.4, 0.5) is 0 Å². The van der Waals surface area contributed by atoms with Crippen molar-refractivity contribution in [2.75, 3.05) is 0 Å². The molecule has 0 aliphatic rings. The second-order valence-electron chi connectivity index (χ2n) is 3.49. The fraction of sp³-hybridized carbons (Fsp3) is 0.500. The predicted molar refractivity (Wildman–Crippen MR) is 58.2 cm³/mol. The summed E-state index contributed by atoms with van der Waals surface area (Å²) in [5, 5.41) is 2.50. The second kappa shape index (κ2) is 5.10. The van der Waals surface area contributed by atoms with Crippen molar-refractivity contribution >= 4 is 18.5 Å². The van der Waals surface area contributed by atoms with Crippen LogP contribution in [-0.2, 0) is 11.3 Å². The van der Waals surface area contributed by atoms with Gasteiger partial charge in [0.15, 0.2) is 0 Å². The van der Waals surface area contributed by atoms with Crippen LogP contribution in [-0.4, -0.2) is 11.2 Å². The minimum atomic E-state index is -0.259. The quantitative estimate of drug-likeness (QED) is 0.749. The fourth-order valence-corrected chi connectivity index (χ4v) is 1.09. The van der Waals surface area contributed by atoms with Gasteiger partial charge in [0.2, 0.25) is 5.91 Å². The van der Waals surface area contributed by atoms with Crippen LogP contribution in [0, 0.1) is 5.92 Å². The number of carbonyl (C=O) groups excluding carboxylic acids is 1. The molecule has 1 aromatic heterocycles. The molecule has 1 rings (SSSR count). The van der Waals surface area contributed by atoms with E-state index >= 15 is 0 Å². The lowest BCUT2D eigenvalue weighted by atomic mass is 10.1. The summed E-state index contributed by atoms with van der Waals surface area (Å²) in [6, 6.07) is 3.62. The number of nitrogens with one attached hydrogen (secondary N) is 1. The first-order valence-corrected chi connectivity index (χ1v) is 5.11. The van der Waals surface area contributed by atoms with Gasteiger partial charge in [-0.2, -0.15) is 12.6 Å². The van der Waals surface area contributed by atoms with E-state index in [1.54, 1.807) is 12.3 Å². The highest BCUT2D eigenvalue weighted by molar-refractivity contribution is 7.81. The molecule has 0 fully saturated rings. The molecule has 0 saturated heterocycles. The molecule has 0 aliphatic heterocycles. The molecule has 0 aromatic carbocycles. The fourth-order valence-electron chi connectivity index (χ4n) is 0.995. The van der Waals surface area contributed by atoms with Gasteiger partial charge in [0.1, 0.15) is 5.76 Å². The Morgan fingerprint density at radius 1 is 1.64 bits per heavy atom. The zero-order valence-electron chi connectivity index (χ0n) is 8.36. The van der Waals surface area contributed by atoms with Crippen LogP contribution in [0.15, 0.2) is 22.8 Å². The third kappa shape index (κ3) is 3.10. The average Bonchev–Trinajstić information content (AvgIpc) is 2.65. The summed E-state index contributed by atoms with van der Waals surface area (Å²) in [4.78, 5) is 11.5. The molecule has 0 saturated carbocycles. The molecule has 0 spiro atoms. The van der Waals surface area contributed by atoms with E-state index in [-0.39, 0.29) is 17.1 Å². The SMILES string of the molecule is CC(C)C(S)C(=O)NCc1ccco1. The lowest BCUT2D eigenvalue weighted by molar-refractivity contribution is -0.121. The highest BCUT2D eigenvalue weighted by Gasteiger charge is 2.17.